The molecule has 0 radical (unpaired) electrons. The second-order valence-corrected chi connectivity index (χ2v) is 5.15. The van der Waals surface area contributed by atoms with Gasteiger partial charge in [0.25, 0.3) is 0 Å². The summed E-state index contributed by atoms with van der Waals surface area (Å²) in [5.74, 6) is 0. The van der Waals surface area contributed by atoms with Crippen LogP contribution in [0.25, 0.3) is 0 Å². The van der Waals surface area contributed by atoms with Crippen molar-refractivity contribution in [2.75, 3.05) is 13.1 Å². The van der Waals surface area contributed by atoms with E-state index in [1.165, 1.54) is 38.5 Å². The van der Waals surface area contributed by atoms with Gasteiger partial charge in [0.1, 0.15) is 4.32 Å². The summed E-state index contributed by atoms with van der Waals surface area (Å²) < 4.78 is 0.755. The Morgan fingerprint density at radius 3 is 2.07 bits per heavy atom. The summed E-state index contributed by atoms with van der Waals surface area (Å²) in [4.78, 5) is 2.21. The maximum absolute atomic E-state index is 5.09. The summed E-state index contributed by atoms with van der Waals surface area (Å²) >= 11 is 9.34. The van der Waals surface area contributed by atoms with E-state index in [-0.39, 0.29) is 0 Å². The van der Waals surface area contributed by atoms with Crippen molar-refractivity contribution in [2.24, 2.45) is 0 Å². The molecule has 0 aliphatic rings. The van der Waals surface area contributed by atoms with Crippen LogP contribution in [0.5, 0.6) is 0 Å². The van der Waals surface area contributed by atoms with Gasteiger partial charge in [-0.25, -0.2) is 0 Å². The van der Waals surface area contributed by atoms with Gasteiger partial charge in [0.2, 0.25) is 0 Å². The van der Waals surface area contributed by atoms with Crippen molar-refractivity contribution in [3.63, 3.8) is 0 Å². The van der Waals surface area contributed by atoms with Crippen LogP contribution in [0.15, 0.2) is 0 Å². The third kappa shape index (κ3) is 9.19. The second-order valence-electron chi connectivity index (χ2n) is 4.04. The molecule has 0 spiro atoms. The molecule has 0 bridgehead atoms. The van der Waals surface area contributed by atoms with E-state index in [1.54, 1.807) is 0 Å². The highest BCUT2D eigenvalue weighted by atomic mass is 32.1. The standard InChI is InChI=1S/C12H25NS2/c1-3-5-6-7-8-9-11-13(10-4-2)12(14)15/h3-11H2,1-2H3,(H,14,15). The summed E-state index contributed by atoms with van der Waals surface area (Å²) in [5, 5.41) is 0. The Hall–Kier alpha value is 0.240. The molecule has 0 aliphatic carbocycles. The van der Waals surface area contributed by atoms with E-state index < -0.39 is 0 Å². The van der Waals surface area contributed by atoms with E-state index >= 15 is 0 Å². The van der Waals surface area contributed by atoms with Crippen molar-refractivity contribution in [1.29, 1.82) is 0 Å². The minimum absolute atomic E-state index is 0.755. The molecule has 0 aromatic carbocycles. The van der Waals surface area contributed by atoms with Gasteiger partial charge in [-0.1, -0.05) is 58.2 Å². The molecule has 0 atom stereocenters. The molecule has 0 heterocycles. The predicted octanol–water partition coefficient (Wildman–Crippen LogP) is 4.27. The average molecular weight is 247 g/mol. The number of nitrogens with zero attached hydrogens (tertiary/aromatic N) is 1. The zero-order valence-electron chi connectivity index (χ0n) is 10.2. The van der Waals surface area contributed by atoms with Crippen LogP contribution in [0, 0.1) is 0 Å². The Kier molecular flexibility index (Phi) is 10.9. The number of unbranched alkanes of at least 4 members (excludes halogenated alkanes) is 5. The topological polar surface area (TPSA) is 3.24 Å². The van der Waals surface area contributed by atoms with Gasteiger partial charge < -0.3 is 4.90 Å². The zero-order valence-corrected chi connectivity index (χ0v) is 11.9. The van der Waals surface area contributed by atoms with Gasteiger partial charge in [0, 0.05) is 13.1 Å². The normalized spacial score (nSPS) is 10.3. The number of thiocarbonyl (C=S) groups is 1. The Bertz CT molecular complexity index is 160. The lowest BCUT2D eigenvalue weighted by Gasteiger charge is -2.21. The van der Waals surface area contributed by atoms with Crippen molar-refractivity contribution in [1.82, 2.24) is 4.90 Å². The fourth-order valence-electron chi connectivity index (χ4n) is 1.66. The predicted molar refractivity (Wildman–Crippen MR) is 76.8 cm³/mol. The lowest BCUT2D eigenvalue weighted by molar-refractivity contribution is 0.411. The maximum atomic E-state index is 5.09. The Labute approximate surface area is 106 Å². The summed E-state index contributed by atoms with van der Waals surface area (Å²) in [7, 11) is 0. The molecule has 0 aliphatic heterocycles. The zero-order chi connectivity index (χ0) is 11.5. The first-order valence-electron chi connectivity index (χ1n) is 6.20. The van der Waals surface area contributed by atoms with Crippen LogP contribution in [0.4, 0.5) is 0 Å². The highest BCUT2D eigenvalue weighted by Crippen LogP contribution is 2.07. The smallest absolute Gasteiger partial charge is 0.133 e. The molecule has 90 valence electrons. The molecule has 0 unspecified atom stereocenters. The summed E-state index contributed by atoms with van der Waals surface area (Å²) in [6, 6.07) is 0. The lowest BCUT2D eigenvalue weighted by Crippen LogP contribution is -2.27. The van der Waals surface area contributed by atoms with E-state index in [1.807, 2.05) is 0 Å². The van der Waals surface area contributed by atoms with Crippen molar-refractivity contribution in [2.45, 2.75) is 58.8 Å². The highest BCUT2D eigenvalue weighted by molar-refractivity contribution is 8.10. The Balaban J connectivity index is 3.41. The van der Waals surface area contributed by atoms with Crippen molar-refractivity contribution in [3.05, 3.63) is 0 Å². The molecule has 0 N–H and O–H groups in total. The summed E-state index contributed by atoms with van der Waals surface area (Å²) in [6.07, 6.45) is 9.19. The maximum Gasteiger partial charge on any atom is 0.133 e. The molecule has 1 nitrogen and oxygen atoms in total. The van der Waals surface area contributed by atoms with Gasteiger partial charge in [-0.15, -0.1) is 12.6 Å². The second kappa shape index (κ2) is 10.7. The molecule has 0 aromatic rings. The van der Waals surface area contributed by atoms with Crippen LogP contribution in [-0.4, -0.2) is 22.3 Å². The molecular formula is C12H25NS2. The number of rotatable bonds is 9. The van der Waals surface area contributed by atoms with E-state index in [4.69, 9.17) is 12.2 Å². The molecule has 0 amide bonds. The van der Waals surface area contributed by atoms with Gasteiger partial charge in [-0.2, -0.15) is 0 Å². The third-order valence-corrected chi connectivity index (χ3v) is 3.09. The number of hydrogen-bond acceptors (Lipinski definition) is 1. The monoisotopic (exact) mass is 247 g/mol. The SMILES string of the molecule is CCCCCCCCN(CCC)C(=S)S. The molecule has 15 heavy (non-hydrogen) atoms. The molecule has 0 saturated heterocycles. The average Bonchev–Trinajstić information content (AvgIpc) is 2.21. The Morgan fingerprint density at radius 2 is 1.53 bits per heavy atom. The summed E-state index contributed by atoms with van der Waals surface area (Å²) in [6.45, 7) is 6.57. The summed E-state index contributed by atoms with van der Waals surface area (Å²) in [5.41, 5.74) is 0. The van der Waals surface area contributed by atoms with E-state index in [2.05, 4.69) is 31.4 Å². The largest absolute Gasteiger partial charge is 0.358 e. The lowest BCUT2D eigenvalue weighted by atomic mass is 10.1. The highest BCUT2D eigenvalue weighted by Gasteiger charge is 2.03. The number of thiol groups is 1. The fraction of sp³-hybridized carbons (Fsp3) is 0.917. The fourth-order valence-corrected chi connectivity index (χ4v) is 2.04. The van der Waals surface area contributed by atoms with Crippen LogP contribution in [0.2, 0.25) is 0 Å². The van der Waals surface area contributed by atoms with Crippen molar-refractivity contribution >= 4 is 29.2 Å². The first-order valence-corrected chi connectivity index (χ1v) is 7.05. The quantitative estimate of drug-likeness (QED) is 0.368. The van der Waals surface area contributed by atoms with Gasteiger partial charge in [0.05, 0.1) is 0 Å². The van der Waals surface area contributed by atoms with Crippen LogP contribution in [0.3, 0.4) is 0 Å². The van der Waals surface area contributed by atoms with Crippen LogP contribution in [-0.2, 0) is 0 Å². The minimum atomic E-state index is 0.755. The van der Waals surface area contributed by atoms with Crippen LogP contribution < -0.4 is 0 Å². The molecule has 0 fully saturated rings. The first-order chi connectivity index (χ1) is 7.22. The van der Waals surface area contributed by atoms with Gasteiger partial charge in [-0.3, -0.25) is 0 Å². The van der Waals surface area contributed by atoms with Gasteiger partial charge in [-0.05, 0) is 12.8 Å². The van der Waals surface area contributed by atoms with E-state index in [0.717, 1.165) is 23.8 Å². The van der Waals surface area contributed by atoms with Crippen LogP contribution in [0.1, 0.15) is 58.8 Å². The third-order valence-electron chi connectivity index (χ3n) is 2.55. The van der Waals surface area contributed by atoms with E-state index in [0.29, 0.717) is 0 Å². The molecule has 0 saturated carbocycles. The van der Waals surface area contributed by atoms with Gasteiger partial charge in [0.15, 0.2) is 0 Å². The minimum Gasteiger partial charge on any atom is -0.358 e. The van der Waals surface area contributed by atoms with Crippen molar-refractivity contribution in [3.8, 4) is 0 Å². The van der Waals surface area contributed by atoms with Gasteiger partial charge >= 0.3 is 0 Å². The molecule has 0 rings (SSSR count). The molecule has 0 aromatic heterocycles. The molecule has 3 heteroatoms. The Morgan fingerprint density at radius 1 is 0.933 bits per heavy atom. The van der Waals surface area contributed by atoms with E-state index in [9.17, 15) is 0 Å². The van der Waals surface area contributed by atoms with Crippen molar-refractivity contribution < 1.29 is 0 Å². The van der Waals surface area contributed by atoms with Crippen LogP contribution >= 0.6 is 24.8 Å². The first kappa shape index (κ1) is 15.2. The molecular weight excluding hydrogens is 222 g/mol. The number of hydrogen-bond donors (Lipinski definition) is 1.